The smallest absolute Gasteiger partial charge is 0.119 e. The predicted molar refractivity (Wildman–Crippen MR) is 48.2 cm³/mol. The number of aliphatic hydroxyl groups excluding tert-OH is 1. The minimum absolute atomic E-state index is 0.480. The van der Waals surface area contributed by atoms with Gasteiger partial charge in [0.2, 0.25) is 0 Å². The van der Waals surface area contributed by atoms with Crippen molar-refractivity contribution < 1.29 is 9.84 Å². The van der Waals surface area contributed by atoms with Gasteiger partial charge < -0.3 is 9.84 Å². The molecule has 1 unspecified atom stereocenters. The third kappa shape index (κ3) is 2.03. The highest BCUT2D eigenvalue weighted by Gasteiger charge is 2.11. The second-order valence-corrected chi connectivity index (χ2v) is 3.95. The molecule has 12 heavy (non-hydrogen) atoms. The van der Waals surface area contributed by atoms with E-state index in [1.54, 1.807) is 25.4 Å². The molecule has 0 aliphatic carbocycles. The van der Waals surface area contributed by atoms with E-state index in [2.05, 4.69) is 4.98 Å². The Bertz CT molecular complexity index is 258. The Morgan fingerprint density at radius 3 is 2.75 bits per heavy atom. The minimum atomic E-state index is -0.480. The van der Waals surface area contributed by atoms with Crippen molar-refractivity contribution in [1.29, 1.82) is 0 Å². The molecule has 0 bridgehead atoms. The Morgan fingerprint density at radius 1 is 1.67 bits per heavy atom. The summed E-state index contributed by atoms with van der Waals surface area (Å²) >= 11 is 1.57. The van der Waals surface area contributed by atoms with E-state index < -0.39 is 6.10 Å². The molecule has 1 aromatic heterocycles. The molecular formula is C8H13NO2S. The highest BCUT2D eigenvalue weighted by atomic mass is 32.1. The third-order valence-corrected chi connectivity index (χ3v) is 2.50. The number of thiazole rings is 1. The van der Waals surface area contributed by atoms with E-state index in [-0.39, 0.29) is 0 Å². The Kier molecular flexibility index (Phi) is 3.20. The van der Waals surface area contributed by atoms with E-state index in [0.29, 0.717) is 6.61 Å². The molecule has 1 rings (SSSR count). The molecule has 1 heterocycles. The van der Waals surface area contributed by atoms with Gasteiger partial charge in [-0.05, 0) is 13.8 Å². The van der Waals surface area contributed by atoms with E-state index in [4.69, 9.17) is 4.74 Å². The summed E-state index contributed by atoms with van der Waals surface area (Å²) in [5, 5.41) is 10.2. The molecule has 0 radical (unpaired) electrons. The summed E-state index contributed by atoms with van der Waals surface area (Å²) in [6.45, 7) is 4.20. The van der Waals surface area contributed by atoms with Gasteiger partial charge in [0.1, 0.15) is 5.01 Å². The van der Waals surface area contributed by atoms with Crippen molar-refractivity contribution in [3.63, 3.8) is 0 Å². The number of methoxy groups -OCH3 is 1. The average Bonchev–Trinajstić information content (AvgIpc) is 2.32. The molecule has 0 aliphatic heterocycles. The van der Waals surface area contributed by atoms with E-state index in [1.807, 2.05) is 6.92 Å². The van der Waals surface area contributed by atoms with Crippen LogP contribution in [-0.4, -0.2) is 17.2 Å². The van der Waals surface area contributed by atoms with Crippen LogP contribution in [-0.2, 0) is 11.3 Å². The van der Waals surface area contributed by atoms with Gasteiger partial charge in [-0.3, -0.25) is 0 Å². The van der Waals surface area contributed by atoms with Gasteiger partial charge in [0.15, 0.2) is 0 Å². The number of aryl methyl sites for hydroxylation is 1. The molecule has 3 nitrogen and oxygen atoms in total. The molecule has 0 saturated heterocycles. The van der Waals surface area contributed by atoms with Crippen molar-refractivity contribution in [3.8, 4) is 0 Å². The highest BCUT2D eigenvalue weighted by molar-refractivity contribution is 7.11. The van der Waals surface area contributed by atoms with Gasteiger partial charge in [-0.25, -0.2) is 4.98 Å². The van der Waals surface area contributed by atoms with Gasteiger partial charge in [-0.1, -0.05) is 0 Å². The fourth-order valence-electron chi connectivity index (χ4n) is 1.04. The zero-order valence-corrected chi connectivity index (χ0v) is 8.31. The summed E-state index contributed by atoms with van der Waals surface area (Å²) in [6, 6.07) is 0. The van der Waals surface area contributed by atoms with Crippen LogP contribution >= 0.6 is 11.3 Å². The van der Waals surface area contributed by atoms with Crippen molar-refractivity contribution in [3.05, 3.63) is 15.6 Å². The van der Waals surface area contributed by atoms with Gasteiger partial charge in [-0.2, -0.15) is 0 Å². The lowest BCUT2D eigenvalue weighted by Gasteiger charge is -1.98. The first-order chi connectivity index (χ1) is 5.65. The Balaban J connectivity index is 2.85. The quantitative estimate of drug-likeness (QED) is 0.782. The molecule has 1 N–H and O–H groups in total. The van der Waals surface area contributed by atoms with Crippen molar-refractivity contribution >= 4 is 11.3 Å². The average molecular weight is 187 g/mol. The van der Waals surface area contributed by atoms with E-state index in [9.17, 15) is 5.11 Å². The van der Waals surface area contributed by atoms with Crippen LogP contribution in [0.1, 0.15) is 28.6 Å². The second-order valence-electron chi connectivity index (χ2n) is 2.66. The van der Waals surface area contributed by atoms with Crippen molar-refractivity contribution in [1.82, 2.24) is 4.98 Å². The number of rotatable bonds is 3. The summed E-state index contributed by atoms with van der Waals surface area (Å²) in [4.78, 5) is 5.31. The third-order valence-electron chi connectivity index (χ3n) is 1.54. The van der Waals surface area contributed by atoms with Crippen LogP contribution in [0.2, 0.25) is 0 Å². The predicted octanol–water partition coefficient (Wildman–Crippen LogP) is 1.65. The zero-order chi connectivity index (χ0) is 9.14. The first kappa shape index (κ1) is 9.64. The SMILES string of the molecule is COCc1nc(C(C)O)c(C)s1. The highest BCUT2D eigenvalue weighted by Crippen LogP contribution is 2.22. The standard InChI is InChI=1S/C8H13NO2S/c1-5(10)8-6(2)12-7(9-8)4-11-3/h5,10H,4H2,1-3H3. The van der Waals surface area contributed by atoms with E-state index in [0.717, 1.165) is 15.6 Å². The number of aliphatic hydroxyl groups is 1. The first-order valence-electron chi connectivity index (χ1n) is 3.78. The van der Waals surface area contributed by atoms with E-state index in [1.165, 1.54) is 0 Å². The molecule has 0 aliphatic rings. The van der Waals surface area contributed by atoms with Gasteiger partial charge in [-0.15, -0.1) is 11.3 Å². The maximum Gasteiger partial charge on any atom is 0.119 e. The molecule has 0 aromatic carbocycles. The van der Waals surface area contributed by atoms with Crippen LogP contribution in [0.15, 0.2) is 0 Å². The van der Waals surface area contributed by atoms with Crippen LogP contribution in [0, 0.1) is 6.92 Å². The summed E-state index contributed by atoms with van der Waals surface area (Å²) in [6.07, 6.45) is -0.480. The molecule has 0 fully saturated rings. The molecule has 68 valence electrons. The van der Waals surface area contributed by atoms with Crippen LogP contribution in [0.5, 0.6) is 0 Å². The Labute approximate surface area is 76.0 Å². The summed E-state index contributed by atoms with van der Waals surface area (Å²) in [7, 11) is 1.64. The monoisotopic (exact) mass is 187 g/mol. The summed E-state index contributed by atoms with van der Waals surface area (Å²) in [5.41, 5.74) is 0.770. The molecule has 0 spiro atoms. The summed E-state index contributed by atoms with van der Waals surface area (Å²) in [5.74, 6) is 0. The number of nitrogens with zero attached hydrogens (tertiary/aromatic N) is 1. The van der Waals surface area contributed by atoms with Crippen LogP contribution in [0.4, 0.5) is 0 Å². The molecule has 0 amide bonds. The maximum atomic E-state index is 9.29. The van der Waals surface area contributed by atoms with Gasteiger partial charge in [0.05, 0.1) is 18.4 Å². The minimum Gasteiger partial charge on any atom is -0.387 e. The maximum absolute atomic E-state index is 9.29. The van der Waals surface area contributed by atoms with Gasteiger partial charge in [0.25, 0.3) is 0 Å². The molecule has 1 atom stereocenters. The first-order valence-corrected chi connectivity index (χ1v) is 4.60. The number of aromatic nitrogens is 1. The van der Waals surface area contributed by atoms with Crippen LogP contribution in [0.25, 0.3) is 0 Å². The van der Waals surface area contributed by atoms with E-state index >= 15 is 0 Å². The zero-order valence-electron chi connectivity index (χ0n) is 7.50. The lowest BCUT2D eigenvalue weighted by atomic mass is 10.3. The number of hydrogen-bond acceptors (Lipinski definition) is 4. The number of hydrogen-bond donors (Lipinski definition) is 1. The Morgan fingerprint density at radius 2 is 2.33 bits per heavy atom. The fourth-order valence-corrected chi connectivity index (χ4v) is 2.03. The topological polar surface area (TPSA) is 42.4 Å². The van der Waals surface area contributed by atoms with Crippen molar-refractivity contribution in [2.75, 3.05) is 7.11 Å². The lowest BCUT2D eigenvalue weighted by molar-refractivity contribution is 0.180. The largest absolute Gasteiger partial charge is 0.387 e. The molecular weight excluding hydrogens is 174 g/mol. The van der Waals surface area contributed by atoms with Gasteiger partial charge >= 0.3 is 0 Å². The fraction of sp³-hybridized carbons (Fsp3) is 0.625. The molecule has 1 aromatic rings. The number of ether oxygens (including phenoxy) is 1. The van der Waals surface area contributed by atoms with Gasteiger partial charge in [0, 0.05) is 12.0 Å². The van der Waals surface area contributed by atoms with Crippen LogP contribution < -0.4 is 0 Å². The van der Waals surface area contributed by atoms with Crippen molar-refractivity contribution in [2.24, 2.45) is 0 Å². The normalized spacial score (nSPS) is 13.3. The second kappa shape index (κ2) is 3.98. The molecule has 0 saturated carbocycles. The molecule has 4 heteroatoms. The summed E-state index contributed by atoms with van der Waals surface area (Å²) < 4.78 is 4.94. The Hall–Kier alpha value is -0.450. The lowest BCUT2D eigenvalue weighted by Crippen LogP contribution is -1.94. The van der Waals surface area contributed by atoms with Crippen molar-refractivity contribution in [2.45, 2.75) is 26.6 Å². The van der Waals surface area contributed by atoms with Crippen LogP contribution in [0.3, 0.4) is 0 Å².